The molecule has 0 bridgehead atoms. The highest BCUT2D eigenvalue weighted by atomic mass is 28.4. The van der Waals surface area contributed by atoms with Crippen molar-refractivity contribution in [2.24, 2.45) is 17.4 Å². The second kappa shape index (κ2) is 19.8. The van der Waals surface area contributed by atoms with Crippen molar-refractivity contribution in [1.82, 2.24) is 0 Å². The van der Waals surface area contributed by atoms with Gasteiger partial charge in [-0.2, -0.15) is 0 Å². The highest BCUT2D eigenvalue weighted by Gasteiger charge is 2.39. The Morgan fingerprint density at radius 2 is 1.23 bits per heavy atom. The number of nitrogens with two attached hydrogens (primary N) is 2. The molecule has 0 aliphatic heterocycles. The number of hydrogen-bond donors (Lipinski definition) is 3. The molecular formula is C20H50N2O6Si2. The standard InChI is InChI=1S/C10H26N2O3Si.C10H24O3Si/c1-4-14-16(3,15-5-2)8-9(6-7-11)10(12)13;1-5-9-10-14(11-6-2,12-7-3)13-8-4/h9-10,13H,4-8,11-12H2,1-3H3;5-10H2,1-4H3. The molecule has 0 aromatic heterocycles. The monoisotopic (exact) mass is 470 g/mol. The van der Waals surface area contributed by atoms with Crippen molar-refractivity contribution in [3.05, 3.63) is 0 Å². The molecule has 2 unspecified atom stereocenters. The third-order valence-corrected chi connectivity index (χ3v) is 10.7. The van der Waals surface area contributed by atoms with Crippen LogP contribution in [0.4, 0.5) is 0 Å². The second-order valence-electron chi connectivity index (χ2n) is 7.12. The molecule has 0 radical (unpaired) electrons. The van der Waals surface area contributed by atoms with Crippen molar-refractivity contribution in [1.29, 1.82) is 0 Å². The first-order valence-electron chi connectivity index (χ1n) is 11.6. The maximum atomic E-state index is 9.48. The molecule has 2 atom stereocenters. The van der Waals surface area contributed by atoms with Gasteiger partial charge in [0, 0.05) is 45.0 Å². The minimum atomic E-state index is -2.32. The zero-order chi connectivity index (χ0) is 23.5. The van der Waals surface area contributed by atoms with Gasteiger partial charge in [-0.15, -0.1) is 0 Å². The molecule has 0 spiro atoms. The van der Waals surface area contributed by atoms with Gasteiger partial charge in [-0.3, -0.25) is 0 Å². The van der Waals surface area contributed by atoms with Gasteiger partial charge in [0.15, 0.2) is 0 Å². The number of hydrogen-bond acceptors (Lipinski definition) is 8. The summed E-state index contributed by atoms with van der Waals surface area (Å²) in [4.78, 5) is 0. The van der Waals surface area contributed by atoms with Crippen molar-refractivity contribution >= 4 is 17.4 Å². The topological polar surface area (TPSA) is 118 Å². The van der Waals surface area contributed by atoms with E-state index in [9.17, 15) is 5.11 Å². The SMILES string of the molecule is CCCC[Si](OCC)(OCC)OCC.CCO[Si](C)(CC(CCN)C(N)O)OCC. The Balaban J connectivity index is 0. The molecule has 0 amide bonds. The van der Waals surface area contributed by atoms with Gasteiger partial charge in [0.05, 0.1) is 0 Å². The van der Waals surface area contributed by atoms with E-state index in [1.54, 1.807) is 0 Å². The zero-order valence-electron chi connectivity index (χ0n) is 20.6. The lowest BCUT2D eigenvalue weighted by Gasteiger charge is -2.31. The molecule has 0 heterocycles. The summed E-state index contributed by atoms with van der Waals surface area (Å²) in [5, 5.41) is 9.48. The van der Waals surface area contributed by atoms with Gasteiger partial charge < -0.3 is 38.7 Å². The summed E-state index contributed by atoms with van der Waals surface area (Å²) >= 11 is 0. The van der Waals surface area contributed by atoms with Gasteiger partial charge in [0.1, 0.15) is 6.23 Å². The second-order valence-corrected chi connectivity index (χ2v) is 13.1. The van der Waals surface area contributed by atoms with Gasteiger partial charge >= 0.3 is 17.4 Å². The van der Waals surface area contributed by atoms with E-state index in [2.05, 4.69) is 6.92 Å². The fourth-order valence-electron chi connectivity index (χ4n) is 3.25. The number of rotatable bonds is 18. The predicted molar refractivity (Wildman–Crippen MR) is 127 cm³/mol. The van der Waals surface area contributed by atoms with Crippen LogP contribution >= 0.6 is 0 Å². The Labute approximate surface area is 187 Å². The molecule has 0 saturated heterocycles. The molecule has 0 saturated carbocycles. The Morgan fingerprint density at radius 3 is 1.53 bits per heavy atom. The molecule has 0 fully saturated rings. The lowest BCUT2D eigenvalue weighted by atomic mass is 10.1. The molecule has 0 aromatic rings. The zero-order valence-corrected chi connectivity index (χ0v) is 22.6. The van der Waals surface area contributed by atoms with Gasteiger partial charge in [0.25, 0.3) is 0 Å². The smallest absolute Gasteiger partial charge is 0.395 e. The molecule has 5 N–H and O–H groups in total. The van der Waals surface area contributed by atoms with Crippen molar-refractivity contribution in [3.8, 4) is 0 Å². The maximum absolute atomic E-state index is 9.48. The van der Waals surface area contributed by atoms with Gasteiger partial charge in [-0.25, -0.2) is 0 Å². The lowest BCUT2D eigenvalue weighted by Crippen LogP contribution is -2.45. The average Bonchev–Trinajstić information content (AvgIpc) is 2.67. The number of aliphatic hydroxyl groups is 1. The van der Waals surface area contributed by atoms with Crippen LogP contribution in [-0.4, -0.2) is 68.3 Å². The van der Waals surface area contributed by atoms with E-state index in [0.717, 1.165) is 18.9 Å². The largest absolute Gasteiger partial charge is 0.500 e. The molecular weight excluding hydrogens is 420 g/mol. The normalized spacial score (nSPS) is 14.2. The summed E-state index contributed by atoms with van der Waals surface area (Å²) in [7, 11) is -4.52. The quantitative estimate of drug-likeness (QED) is 0.206. The minimum absolute atomic E-state index is 0.0419. The number of unbranched alkanes of at least 4 members (excludes halogenated alkanes) is 1. The van der Waals surface area contributed by atoms with E-state index >= 15 is 0 Å². The number of aliphatic hydroxyl groups excluding tert-OH is 1. The first-order valence-corrected chi connectivity index (χ1v) is 16.0. The van der Waals surface area contributed by atoms with E-state index in [-0.39, 0.29) is 5.92 Å². The third kappa shape index (κ3) is 15.0. The molecule has 184 valence electrons. The summed E-state index contributed by atoms with van der Waals surface area (Å²) in [5.41, 5.74) is 11.0. The first kappa shape index (κ1) is 32.3. The molecule has 10 heteroatoms. The fraction of sp³-hybridized carbons (Fsp3) is 1.00. The highest BCUT2D eigenvalue weighted by Crippen LogP contribution is 2.23. The van der Waals surface area contributed by atoms with Gasteiger partial charge in [-0.1, -0.05) is 13.3 Å². The Morgan fingerprint density at radius 1 is 0.800 bits per heavy atom. The van der Waals surface area contributed by atoms with E-state index in [0.29, 0.717) is 52.0 Å². The average molecular weight is 471 g/mol. The van der Waals surface area contributed by atoms with Crippen LogP contribution < -0.4 is 11.5 Å². The van der Waals surface area contributed by atoms with Gasteiger partial charge in [-0.05, 0) is 66.6 Å². The van der Waals surface area contributed by atoms with E-state index in [4.69, 9.17) is 33.6 Å². The van der Waals surface area contributed by atoms with E-state index < -0.39 is 23.6 Å². The summed E-state index contributed by atoms with van der Waals surface area (Å²) in [6.07, 6.45) is 2.12. The highest BCUT2D eigenvalue weighted by molar-refractivity contribution is 6.66. The predicted octanol–water partition coefficient (Wildman–Crippen LogP) is 3.21. The van der Waals surface area contributed by atoms with Crippen LogP contribution in [0.3, 0.4) is 0 Å². The lowest BCUT2D eigenvalue weighted by molar-refractivity contribution is 0.0707. The van der Waals surface area contributed by atoms with Crippen molar-refractivity contribution < 1.29 is 27.2 Å². The van der Waals surface area contributed by atoms with Crippen molar-refractivity contribution in [2.75, 3.05) is 39.6 Å². The van der Waals surface area contributed by atoms with Crippen LogP contribution in [-0.2, 0) is 22.1 Å². The summed E-state index contributed by atoms with van der Waals surface area (Å²) < 4.78 is 28.5. The van der Waals surface area contributed by atoms with Crippen LogP contribution in [0.2, 0.25) is 18.6 Å². The molecule has 0 rings (SSSR count). The first-order chi connectivity index (χ1) is 14.2. The third-order valence-electron chi connectivity index (χ3n) is 4.48. The maximum Gasteiger partial charge on any atom is 0.500 e. The van der Waals surface area contributed by atoms with Crippen LogP contribution in [0.15, 0.2) is 0 Å². The molecule has 8 nitrogen and oxygen atoms in total. The Kier molecular flexibility index (Phi) is 21.3. The minimum Gasteiger partial charge on any atom is -0.395 e. The van der Waals surface area contributed by atoms with Crippen LogP contribution in [0, 0.1) is 5.92 Å². The van der Waals surface area contributed by atoms with Crippen molar-refractivity contribution in [3.63, 3.8) is 0 Å². The van der Waals surface area contributed by atoms with Crippen molar-refractivity contribution in [2.45, 2.75) is 85.7 Å². The fourth-order valence-corrected chi connectivity index (χ4v) is 8.98. The van der Waals surface area contributed by atoms with Crippen LogP contribution in [0.25, 0.3) is 0 Å². The molecule has 0 aliphatic rings. The molecule has 0 aliphatic carbocycles. The van der Waals surface area contributed by atoms with Gasteiger partial charge in [0.2, 0.25) is 0 Å². The molecule has 0 aromatic carbocycles. The van der Waals surface area contributed by atoms with Crippen LogP contribution in [0.1, 0.15) is 60.8 Å². The van der Waals surface area contributed by atoms with E-state index in [1.807, 2.05) is 41.2 Å². The van der Waals surface area contributed by atoms with Crippen LogP contribution in [0.5, 0.6) is 0 Å². The summed E-state index contributed by atoms with van der Waals surface area (Å²) in [6.45, 7) is 17.8. The summed E-state index contributed by atoms with van der Waals surface area (Å²) in [5.74, 6) is -0.0419. The Hall–Kier alpha value is 0.114. The Bertz CT molecular complexity index is 358. The molecule has 30 heavy (non-hydrogen) atoms. The van der Waals surface area contributed by atoms with E-state index in [1.165, 1.54) is 0 Å². The summed E-state index contributed by atoms with van der Waals surface area (Å²) in [6, 6.07) is 1.63.